The topological polar surface area (TPSA) is 64.0 Å². The standard InChI is InChI=1S/C11H20N2.CH2O3/c1-12-7-9-13(10-8-12)11-5-3-2-4-6-11;2-1(3)4/h3,5,11H,2,4,6-10H2,1H3;(H2,2,3,4). The Bertz CT molecular complexity index is 256. The third kappa shape index (κ3) is 5.70. The zero-order valence-corrected chi connectivity index (χ0v) is 10.4. The molecule has 5 heteroatoms. The van der Waals surface area contributed by atoms with Crippen LogP contribution in [0, 0.1) is 0 Å². The van der Waals surface area contributed by atoms with Gasteiger partial charge in [0.15, 0.2) is 0 Å². The number of carbonyl (C=O) groups is 1. The average Bonchev–Trinajstić information content (AvgIpc) is 2.30. The molecule has 2 N–H and O–H groups in total. The molecule has 1 fully saturated rings. The van der Waals surface area contributed by atoms with Crippen LogP contribution >= 0.6 is 0 Å². The van der Waals surface area contributed by atoms with Crippen molar-refractivity contribution in [2.45, 2.75) is 25.3 Å². The fraction of sp³-hybridized carbons (Fsp3) is 0.750. The highest BCUT2D eigenvalue weighted by molar-refractivity contribution is 5.53. The van der Waals surface area contributed by atoms with E-state index < -0.39 is 6.16 Å². The monoisotopic (exact) mass is 242 g/mol. The Kier molecular flexibility index (Phi) is 6.00. The first kappa shape index (κ1) is 14.0. The lowest BCUT2D eigenvalue weighted by Gasteiger charge is -2.37. The highest BCUT2D eigenvalue weighted by Gasteiger charge is 2.20. The van der Waals surface area contributed by atoms with Crippen molar-refractivity contribution in [2.24, 2.45) is 0 Å². The normalized spacial score (nSPS) is 26.1. The van der Waals surface area contributed by atoms with Crippen LogP contribution in [0.4, 0.5) is 4.79 Å². The van der Waals surface area contributed by atoms with Crippen molar-refractivity contribution >= 4 is 6.16 Å². The Morgan fingerprint density at radius 1 is 1.24 bits per heavy atom. The maximum Gasteiger partial charge on any atom is 0.503 e. The Labute approximate surface area is 102 Å². The first-order chi connectivity index (χ1) is 8.09. The minimum Gasteiger partial charge on any atom is -0.450 e. The maximum absolute atomic E-state index is 8.56. The van der Waals surface area contributed by atoms with E-state index in [9.17, 15) is 0 Å². The second-order valence-electron chi connectivity index (χ2n) is 4.55. The van der Waals surface area contributed by atoms with Crippen molar-refractivity contribution in [3.05, 3.63) is 12.2 Å². The molecule has 1 heterocycles. The summed E-state index contributed by atoms with van der Waals surface area (Å²) in [4.78, 5) is 13.6. The SMILES string of the molecule is CN1CCN(C2C=CCCC2)CC1.O=C(O)O. The summed E-state index contributed by atoms with van der Waals surface area (Å²) in [5.41, 5.74) is 0. The van der Waals surface area contributed by atoms with Crippen LogP contribution in [-0.4, -0.2) is 65.4 Å². The molecule has 1 atom stereocenters. The number of nitrogens with zero attached hydrogens (tertiary/aromatic N) is 2. The second-order valence-corrected chi connectivity index (χ2v) is 4.55. The molecular formula is C12H22N2O3. The molecule has 0 aromatic heterocycles. The number of likely N-dealkylation sites (N-methyl/N-ethyl adjacent to an activating group) is 1. The van der Waals surface area contributed by atoms with Gasteiger partial charge >= 0.3 is 6.16 Å². The summed E-state index contributed by atoms with van der Waals surface area (Å²) in [5, 5.41) is 13.9. The third-order valence-corrected chi connectivity index (χ3v) is 3.24. The summed E-state index contributed by atoms with van der Waals surface area (Å²) in [6, 6.07) is 0.752. The van der Waals surface area contributed by atoms with Gasteiger partial charge in [-0.3, -0.25) is 4.90 Å². The fourth-order valence-corrected chi connectivity index (χ4v) is 2.25. The van der Waals surface area contributed by atoms with Crippen LogP contribution in [0.5, 0.6) is 0 Å². The molecule has 98 valence electrons. The van der Waals surface area contributed by atoms with E-state index in [0.717, 1.165) is 6.04 Å². The third-order valence-electron chi connectivity index (χ3n) is 3.24. The van der Waals surface area contributed by atoms with Gasteiger partial charge in [-0.15, -0.1) is 0 Å². The van der Waals surface area contributed by atoms with E-state index in [1.165, 1.54) is 45.4 Å². The van der Waals surface area contributed by atoms with Crippen LogP contribution in [0.15, 0.2) is 12.2 Å². The fourth-order valence-electron chi connectivity index (χ4n) is 2.25. The van der Waals surface area contributed by atoms with E-state index in [-0.39, 0.29) is 0 Å². The molecule has 0 aromatic carbocycles. The van der Waals surface area contributed by atoms with Crippen molar-refractivity contribution in [1.82, 2.24) is 9.80 Å². The molecule has 5 nitrogen and oxygen atoms in total. The number of hydrogen-bond donors (Lipinski definition) is 2. The van der Waals surface area contributed by atoms with Crippen LogP contribution in [-0.2, 0) is 0 Å². The molecule has 0 amide bonds. The van der Waals surface area contributed by atoms with E-state index in [1.54, 1.807) is 0 Å². The Morgan fingerprint density at radius 3 is 2.29 bits per heavy atom. The van der Waals surface area contributed by atoms with Crippen LogP contribution in [0.3, 0.4) is 0 Å². The highest BCUT2D eigenvalue weighted by atomic mass is 16.6. The first-order valence-electron chi connectivity index (χ1n) is 6.10. The summed E-state index contributed by atoms with van der Waals surface area (Å²) < 4.78 is 0. The molecule has 0 spiro atoms. The largest absolute Gasteiger partial charge is 0.503 e. The van der Waals surface area contributed by atoms with Gasteiger partial charge in [-0.25, -0.2) is 4.79 Å². The zero-order chi connectivity index (χ0) is 12.7. The second kappa shape index (κ2) is 7.29. The highest BCUT2D eigenvalue weighted by Crippen LogP contribution is 2.17. The summed E-state index contributed by atoms with van der Waals surface area (Å²) >= 11 is 0. The van der Waals surface area contributed by atoms with Crippen LogP contribution in [0.25, 0.3) is 0 Å². The molecule has 0 bridgehead atoms. The van der Waals surface area contributed by atoms with Gasteiger partial charge in [0, 0.05) is 32.2 Å². The van der Waals surface area contributed by atoms with Gasteiger partial charge in [0.05, 0.1) is 0 Å². The zero-order valence-electron chi connectivity index (χ0n) is 10.4. The number of rotatable bonds is 1. The van der Waals surface area contributed by atoms with Crippen LogP contribution < -0.4 is 0 Å². The molecule has 1 saturated heterocycles. The first-order valence-corrected chi connectivity index (χ1v) is 6.10. The number of allylic oxidation sites excluding steroid dienone is 1. The summed E-state index contributed by atoms with van der Waals surface area (Å²) in [6.07, 6.45) is 6.99. The molecule has 17 heavy (non-hydrogen) atoms. The number of piperazine rings is 1. The van der Waals surface area contributed by atoms with Crippen LogP contribution in [0.1, 0.15) is 19.3 Å². The summed E-state index contributed by atoms with van der Waals surface area (Å²) in [5.74, 6) is 0. The van der Waals surface area contributed by atoms with Gasteiger partial charge in [0.25, 0.3) is 0 Å². The van der Waals surface area contributed by atoms with Gasteiger partial charge in [-0.1, -0.05) is 12.2 Å². The van der Waals surface area contributed by atoms with Crippen molar-refractivity contribution in [2.75, 3.05) is 33.2 Å². The van der Waals surface area contributed by atoms with E-state index in [4.69, 9.17) is 15.0 Å². The van der Waals surface area contributed by atoms with Gasteiger partial charge in [0.1, 0.15) is 0 Å². The smallest absolute Gasteiger partial charge is 0.450 e. The summed E-state index contributed by atoms with van der Waals surface area (Å²) in [6.45, 7) is 4.99. The van der Waals surface area contributed by atoms with Gasteiger partial charge in [0.2, 0.25) is 0 Å². The lowest BCUT2D eigenvalue weighted by atomic mass is 10.0. The predicted molar refractivity (Wildman–Crippen MR) is 66.5 cm³/mol. The van der Waals surface area contributed by atoms with Crippen molar-refractivity contribution in [1.29, 1.82) is 0 Å². The Hall–Kier alpha value is -1.07. The molecule has 2 rings (SSSR count). The molecule has 1 aliphatic carbocycles. The average molecular weight is 242 g/mol. The van der Waals surface area contributed by atoms with Gasteiger partial charge < -0.3 is 15.1 Å². The number of hydrogen-bond acceptors (Lipinski definition) is 3. The molecule has 0 aromatic rings. The maximum atomic E-state index is 8.56. The van der Waals surface area contributed by atoms with E-state index in [2.05, 4.69) is 29.0 Å². The van der Waals surface area contributed by atoms with Gasteiger partial charge in [-0.05, 0) is 26.3 Å². The van der Waals surface area contributed by atoms with E-state index in [1.807, 2.05) is 0 Å². The van der Waals surface area contributed by atoms with E-state index >= 15 is 0 Å². The molecule has 0 saturated carbocycles. The Morgan fingerprint density at radius 2 is 1.82 bits per heavy atom. The lowest BCUT2D eigenvalue weighted by molar-refractivity contribution is 0.123. The summed E-state index contributed by atoms with van der Waals surface area (Å²) in [7, 11) is 2.22. The molecule has 1 unspecified atom stereocenters. The van der Waals surface area contributed by atoms with Gasteiger partial charge in [-0.2, -0.15) is 0 Å². The van der Waals surface area contributed by atoms with E-state index in [0.29, 0.717) is 0 Å². The van der Waals surface area contributed by atoms with Crippen LogP contribution in [0.2, 0.25) is 0 Å². The number of carboxylic acid groups (broad SMARTS) is 2. The molecule has 1 aliphatic heterocycles. The van der Waals surface area contributed by atoms with Crippen molar-refractivity contribution < 1.29 is 15.0 Å². The quantitative estimate of drug-likeness (QED) is 0.683. The minimum atomic E-state index is -1.83. The predicted octanol–water partition coefficient (Wildman–Crippen LogP) is 1.56. The molecule has 0 radical (unpaired) electrons. The van der Waals surface area contributed by atoms with Crippen molar-refractivity contribution in [3.63, 3.8) is 0 Å². The van der Waals surface area contributed by atoms with Crippen molar-refractivity contribution in [3.8, 4) is 0 Å². The Balaban J connectivity index is 0.000000317. The molecular weight excluding hydrogens is 220 g/mol. The lowest BCUT2D eigenvalue weighted by Crippen LogP contribution is -2.48. The molecule has 2 aliphatic rings. The minimum absolute atomic E-state index is 0.752.